The van der Waals surface area contributed by atoms with Crippen LogP contribution in [0.4, 0.5) is 0 Å². The minimum atomic E-state index is -3.06. The van der Waals surface area contributed by atoms with Crippen LogP contribution >= 0.6 is 0 Å². The quantitative estimate of drug-likeness (QED) is 0.0734. The van der Waals surface area contributed by atoms with Crippen molar-refractivity contribution in [2.45, 2.75) is 95.6 Å². The van der Waals surface area contributed by atoms with Gasteiger partial charge in [0.1, 0.15) is 21.6 Å². The summed E-state index contributed by atoms with van der Waals surface area (Å²) >= 11 is 0. The standard InChI is InChI=1S/C32H51NO10S/c1-4-5-6-10-13-22-44(40,41)23-14-11-8-7-9-12-15-27(32(39,31(37)38)20-21-42-2)29(35)33-28(30(36)43-3)24-25-16-18-26(34)19-17-25/h12,15-19,27-28,34,39H,4-11,13-14,20-24H2,1-3H3,(H,33,35)(H,37,38)/b15-12+/t27-,28+,32+/m1/s1. The number of aromatic hydroxyl groups is 1. The highest BCUT2D eigenvalue weighted by atomic mass is 32.2. The van der Waals surface area contributed by atoms with Gasteiger partial charge in [0.05, 0.1) is 24.5 Å². The molecule has 250 valence electrons. The second-order valence-electron chi connectivity index (χ2n) is 11.1. The normalized spacial score (nSPS) is 14.5. The number of benzene rings is 1. The van der Waals surface area contributed by atoms with Crippen molar-refractivity contribution in [1.82, 2.24) is 5.32 Å². The Morgan fingerprint density at radius 2 is 1.55 bits per heavy atom. The lowest BCUT2D eigenvalue weighted by molar-refractivity contribution is -0.169. The number of amides is 1. The van der Waals surface area contributed by atoms with Crippen LogP contribution in [0.25, 0.3) is 0 Å². The van der Waals surface area contributed by atoms with Crippen LogP contribution in [0.15, 0.2) is 36.4 Å². The smallest absolute Gasteiger partial charge is 0.336 e. The van der Waals surface area contributed by atoms with Gasteiger partial charge in [-0.2, -0.15) is 0 Å². The lowest BCUT2D eigenvalue weighted by atomic mass is 9.83. The van der Waals surface area contributed by atoms with Crippen LogP contribution in [0.3, 0.4) is 0 Å². The molecule has 11 nitrogen and oxygen atoms in total. The number of sulfone groups is 1. The van der Waals surface area contributed by atoms with E-state index >= 15 is 0 Å². The molecular weight excluding hydrogens is 590 g/mol. The molecule has 0 saturated carbocycles. The minimum absolute atomic E-state index is 0.00722. The molecular formula is C32H51NO10S. The zero-order chi connectivity index (χ0) is 33.0. The van der Waals surface area contributed by atoms with E-state index in [-0.39, 0.29) is 36.7 Å². The first-order valence-corrected chi connectivity index (χ1v) is 17.2. The summed E-state index contributed by atoms with van der Waals surface area (Å²) in [6.07, 6.45) is 10.7. The molecule has 0 aliphatic rings. The fourth-order valence-corrected chi connectivity index (χ4v) is 6.27. The number of carboxylic acid groups (broad SMARTS) is 1. The third-order valence-corrected chi connectivity index (χ3v) is 9.32. The van der Waals surface area contributed by atoms with Crippen LogP contribution in [-0.2, 0) is 40.1 Å². The lowest BCUT2D eigenvalue weighted by Crippen LogP contribution is -2.55. The fourth-order valence-electron chi connectivity index (χ4n) is 4.78. The number of carbonyl (C=O) groups is 3. The number of phenols is 1. The average Bonchev–Trinajstić information content (AvgIpc) is 2.99. The van der Waals surface area contributed by atoms with E-state index in [1.165, 1.54) is 25.3 Å². The van der Waals surface area contributed by atoms with Gasteiger partial charge < -0.3 is 30.1 Å². The van der Waals surface area contributed by atoms with Crippen LogP contribution in [0.2, 0.25) is 0 Å². The Balaban J connectivity index is 2.84. The zero-order valence-corrected chi connectivity index (χ0v) is 27.1. The minimum Gasteiger partial charge on any atom is -0.508 e. The largest absolute Gasteiger partial charge is 0.508 e. The third-order valence-electron chi connectivity index (χ3n) is 7.50. The van der Waals surface area contributed by atoms with Crippen molar-refractivity contribution in [2.24, 2.45) is 5.92 Å². The summed E-state index contributed by atoms with van der Waals surface area (Å²) in [5, 5.41) is 33.1. The number of carboxylic acids is 1. The number of allylic oxidation sites excluding steroid dienone is 1. The highest BCUT2D eigenvalue weighted by molar-refractivity contribution is 7.91. The summed E-state index contributed by atoms with van der Waals surface area (Å²) in [5.41, 5.74) is -1.90. The number of ether oxygens (including phenoxy) is 2. The van der Waals surface area contributed by atoms with Crippen molar-refractivity contribution >= 4 is 27.7 Å². The molecule has 1 aromatic rings. The predicted molar refractivity (Wildman–Crippen MR) is 168 cm³/mol. The number of aliphatic hydroxyl groups is 1. The van der Waals surface area contributed by atoms with Crippen LogP contribution in [0.1, 0.15) is 83.1 Å². The van der Waals surface area contributed by atoms with Crippen molar-refractivity contribution in [3.8, 4) is 5.75 Å². The van der Waals surface area contributed by atoms with E-state index in [0.29, 0.717) is 31.2 Å². The van der Waals surface area contributed by atoms with Crippen molar-refractivity contribution in [2.75, 3.05) is 32.3 Å². The molecule has 0 unspecified atom stereocenters. The number of phenolic OH excluding ortho intramolecular Hbond substituents is 1. The molecule has 12 heteroatoms. The highest BCUT2D eigenvalue weighted by Crippen LogP contribution is 2.26. The third kappa shape index (κ3) is 14.7. The monoisotopic (exact) mass is 641 g/mol. The van der Waals surface area contributed by atoms with Gasteiger partial charge in [-0.1, -0.05) is 69.7 Å². The first kappa shape index (κ1) is 39.1. The molecule has 0 aliphatic carbocycles. The van der Waals surface area contributed by atoms with Gasteiger partial charge in [0.25, 0.3) is 0 Å². The van der Waals surface area contributed by atoms with E-state index in [9.17, 15) is 38.1 Å². The fraction of sp³-hybridized carbons (Fsp3) is 0.656. The predicted octanol–water partition coefficient (Wildman–Crippen LogP) is 3.95. The van der Waals surface area contributed by atoms with Gasteiger partial charge in [-0.15, -0.1) is 0 Å². The summed E-state index contributed by atoms with van der Waals surface area (Å²) in [7, 11) is -0.553. The van der Waals surface area contributed by atoms with Gasteiger partial charge in [0.15, 0.2) is 5.60 Å². The topological polar surface area (TPSA) is 177 Å². The number of hydrogen-bond donors (Lipinski definition) is 4. The number of hydrogen-bond acceptors (Lipinski definition) is 9. The summed E-state index contributed by atoms with van der Waals surface area (Å²) in [4.78, 5) is 38.1. The maximum Gasteiger partial charge on any atom is 0.336 e. The Morgan fingerprint density at radius 3 is 2.09 bits per heavy atom. The van der Waals surface area contributed by atoms with Gasteiger partial charge in [-0.05, 0) is 43.4 Å². The Hall–Kier alpha value is -2.96. The molecule has 1 aromatic carbocycles. The number of carbonyl (C=O) groups excluding carboxylic acids is 2. The van der Waals surface area contributed by atoms with Crippen molar-refractivity contribution in [3.63, 3.8) is 0 Å². The van der Waals surface area contributed by atoms with E-state index in [1.807, 2.05) is 0 Å². The Bertz CT molecular complexity index is 1140. The number of unbranched alkanes of at least 4 members (excludes halogenated alkanes) is 8. The van der Waals surface area contributed by atoms with Crippen LogP contribution < -0.4 is 5.32 Å². The van der Waals surface area contributed by atoms with Gasteiger partial charge >= 0.3 is 11.9 Å². The van der Waals surface area contributed by atoms with Crippen LogP contribution in [0, 0.1) is 5.92 Å². The van der Waals surface area contributed by atoms with E-state index < -0.39 is 45.2 Å². The Labute approximate surface area is 261 Å². The molecule has 44 heavy (non-hydrogen) atoms. The van der Waals surface area contributed by atoms with E-state index in [0.717, 1.165) is 45.6 Å². The molecule has 0 aliphatic heterocycles. The molecule has 1 rings (SSSR count). The summed E-state index contributed by atoms with van der Waals surface area (Å²) < 4.78 is 34.3. The molecule has 0 heterocycles. The number of rotatable bonds is 24. The SMILES string of the molecule is CCCCCCCS(=O)(=O)CCCCCC/C=C/[C@H](C(=O)N[C@@H](Cc1ccc(O)cc1)C(=O)OC)[C@@](O)(CCOC)C(=O)O. The van der Waals surface area contributed by atoms with Crippen molar-refractivity contribution in [1.29, 1.82) is 0 Å². The molecule has 0 bridgehead atoms. The molecule has 0 spiro atoms. The summed E-state index contributed by atoms with van der Waals surface area (Å²) in [5.74, 6) is -4.39. The maximum absolute atomic E-state index is 13.4. The lowest BCUT2D eigenvalue weighted by Gasteiger charge is -2.30. The van der Waals surface area contributed by atoms with Crippen LogP contribution in [-0.4, -0.2) is 85.6 Å². The zero-order valence-electron chi connectivity index (χ0n) is 26.3. The Morgan fingerprint density at radius 1 is 0.955 bits per heavy atom. The van der Waals surface area contributed by atoms with Gasteiger partial charge in [0.2, 0.25) is 5.91 Å². The molecule has 0 fully saturated rings. The number of esters is 1. The Kier molecular flexibility index (Phi) is 18.6. The van der Waals surface area contributed by atoms with Crippen LogP contribution in [0.5, 0.6) is 5.75 Å². The second kappa shape index (κ2) is 20.9. The first-order chi connectivity index (χ1) is 20.9. The van der Waals surface area contributed by atoms with Gasteiger partial charge in [-0.25, -0.2) is 18.0 Å². The molecule has 0 aromatic heterocycles. The molecule has 0 radical (unpaired) electrons. The summed E-state index contributed by atoms with van der Waals surface area (Å²) in [6.45, 7) is 1.99. The van der Waals surface area contributed by atoms with E-state index in [4.69, 9.17) is 9.47 Å². The van der Waals surface area contributed by atoms with E-state index in [1.54, 1.807) is 18.2 Å². The maximum atomic E-state index is 13.4. The summed E-state index contributed by atoms with van der Waals surface area (Å²) in [6, 6.07) is 4.83. The second-order valence-corrected chi connectivity index (χ2v) is 13.4. The van der Waals surface area contributed by atoms with E-state index in [2.05, 4.69) is 12.2 Å². The number of methoxy groups -OCH3 is 2. The van der Waals surface area contributed by atoms with Gasteiger partial charge in [-0.3, -0.25) is 4.79 Å². The van der Waals surface area contributed by atoms with Crippen molar-refractivity contribution in [3.05, 3.63) is 42.0 Å². The van der Waals surface area contributed by atoms with Crippen molar-refractivity contribution < 1.29 is 47.6 Å². The first-order valence-electron chi connectivity index (χ1n) is 15.4. The molecule has 1 amide bonds. The number of nitrogens with one attached hydrogen (secondary N) is 1. The van der Waals surface area contributed by atoms with Gasteiger partial charge in [0, 0.05) is 26.6 Å². The highest BCUT2D eigenvalue weighted by Gasteiger charge is 2.47. The number of aliphatic carboxylic acids is 1. The molecule has 0 saturated heterocycles. The molecule has 3 atom stereocenters. The molecule has 4 N–H and O–H groups in total. The average molecular weight is 642 g/mol.